The Balaban J connectivity index is 1.79. The molecule has 2 aliphatic rings. The zero-order valence-corrected chi connectivity index (χ0v) is 29.6. The highest BCUT2D eigenvalue weighted by molar-refractivity contribution is 5.82. The average molecular weight is 592 g/mol. The van der Waals surface area contributed by atoms with Crippen LogP contribution in [0.3, 0.4) is 0 Å². The van der Waals surface area contributed by atoms with E-state index in [-0.39, 0.29) is 0 Å². The fourth-order valence-electron chi connectivity index (χ4n) is 8.15. The van der Waals surface area contributed by atoms with E-state index in [1.54, 1.807) is 0 Å². The van der Waals surface area contributed by atoms with Gasteiger partial charge in [0.15, 0.2) is 0 Å². The minimum Gasteiger partial charge on any atom is -0.374 e. The fraction of sp³-hybridized carbons (Fsp3) is 0.535. The molecule has 5 atom stereocenters. The van der Waals surface area contributed by atoms with Crippen molar-refractivity contribution in [3.05, 3.63) is 101 Å². The summed E-state index contributed by atoms with van der Waals surface area (Å²) in [6.07, 6.45) is 15.0. The lowest BCUT2D eigenvalue weighted by atomic mass is 9.82. The van der Waals surface area contributed by atoms with Crippen LogP contribution in [0.5, 0.6) is 0 Å². The summed E-state index contributed by atoms with van der Waals surface area (Å²) in [5, 5.41) is 0. The number of allylic oxidation sites excluding steroid dienone is 6. The molecular formula is C43H61N. The van der Waals surface area contributed by atoms with E-state index in [4.69, 9.17) is 0 Å². The topological polar surface area (TPSA) is 3.24 Å². The molecule has 2 bridgehead atoms. The lowest BCUT2D eigenvalue weighted by molar-refractivity contribution is 0.301. The Labute approximate surface area is 271 Å². The Morgan fingerprint density at radius 3 is 2.41 bits per heavy atom. The van der Waals surface area contributed by atoms with Gasteiger partial charge in [0.2, 0.25) is 0 Å². The first-order valence-corrected chi connectivity index (χ1v) is 17.4. The molecule has 1 nitrogen and oxygen atoms in total. The Hall–Kier alpha value is -2.80. The summed E-state index contributed by atoms with van der Waals surface area (Å²) in [6.45, 7) is 28.7. The number of hydrogen-bond donors (Lipinski definition) is 0. The Kier molecular flexibility index (Phi) is 11.3. The third-order valence-electron chi connectivity index (χ3n) is 11.0. The van der Waals surface area contributed by atoms with E-state index in [1.807, 2.05) is 0 Å². The minimum atomic E-state index is 0.323. The molecule has 0 amide bonds. The zero-order valence-electron chi connectivity index (χ0n) is 29.6. The second-order valence-electron chi connectivity index (χ2n) is 15.3. The summed E-state index contributed by atoms with van der Waals surface area (Å²) in [6, 6.07) is 14.1. The minimum absolute atomic E-state index is 0.323. The number of hydrogen-bond acceptors (Lipinski definition) is 1. The lowest BCUT2D eigenvalue weighted by Gasteiger charge is -2.28. The summed E-state index contributed by atoms with van der Waals surface area (Å²) in [5.74, 6) is 3.32. The monoisotopic (exact) mass is 591 g/mol. The van der Waals surface area contributed by atoms with Gasteiger partial charge in [-0.25, -0.2) is 0 Å². The van der Waals surface area contributed by atoms with Gasteiger partial charge in [-0.15, -0.1) is 6.58 Å². The van der Waals surface area contributed by atoms with Gasteiger partial charge in [-0.2, -0.15) is 0 Å². The van der Waals surface area contributed by atoms with Crippen LogP contribution in [0.2, 0.25) is 0 Å². The highest BCUT2D eigenvalue weighted by Crippen LogP contribution is 2.68. The molecule has 1 saturated carbocycles. The van der Waals surface area contributed by atoms with Crippen molar-refractivity contribution >= 4 is 5.69 Å². The summed E-state index contributed by atoms with van der Waals surface area (Å²) in [4.78, 5) is 2.58. The number of fused-ring (bicyclic) bond motifs is 3. The van der Waals surface area contributed by atoms with E-state index < -0.39 is 0 Å². The van der Waals surface area contributed by atoms with Crippen LogP contribution < -0.4 is 4.90 Å². The smallest absolute Gasteiger partial charge is 0.0448 e. The van der Waals surface area contributed by atoms with Crippen molar-refractivity contribution in [2.75, 3.05) is 18.5 Å². The zero-order chi connectivity index (χ0) is 32.2. The highest BCUT2D eigenvalue weighted by atomic mass is 15.1. The molecule has 5 unspecified atom stereocenters. The van der Waals surface area contributed by atoms with Gasteiger partial charge in [-0.3, -0.25) is 0 Å². The van der Waals surface area contributed by atoms with E-state index in [2.05, 4.69) is 135 Å². The molecule has 4 rings (SSSR count). The van der Waals surface area contributed by atoms with E-state index in [0.717, 1.165) is 44.6 Å². The average Bonchev–Trinajstić information content (AvgIpc) is 3.55. The maximum Gasteiger partial charge on any atom is 0.0448 e. The molecule has 1 heteroatoms. The number of rotatable bonds is 7. The van der Waals surface area contributed by atoms with Crippen LogP contribution in [-0.4, -0.2) is 13.6 Å². The van der Waals surface area contributed by atoms with E-state index in [0.29, 0.717) is 29.1 Å². The molecular weight excluding hydrogens is 530 g/mol. The molecule has 1 aliphatic carbocycles. The molecule has 2 aromatic rings. The molecule has 2 aromatic carbocycles. The van der Waals surface area contributed by atoms with Gasteiger partial charge in [0.1, 0.15) is 0 Å². The van der Waals surface area contributed by atoms with Crippen LogP contribution >= 0.6 is 0 Å². The molecule has 238 valence electrons. The van der Waals surface area contributed by atoms with Crippen molar-refractivity contribution in [1.29, 1.82) is 0 Å². The van der Waals surface area contributed by atoms with Crippen LogP contribution in [-0.2, 0) is 12.8 Å². The number of benzene rings is 2. The van der Waals surface area contributed by atoms with Crippen molar-refractivity contribution in [1.82, 2.24) is 0 Å². The van der Waals surface area contributed by atoms with E-state index in [1.165, 1.54) is 63.1 Å². The summed E-state index contributed by atoms with van der Waals surface area (Å²) >= 11 is 0. The largest absolute Gasteiger partial charge is 0.374 e. The van der Waals surface area contributed by atoms with Gasteiger partial charge < -0.3 is 4.90 Å². The third-order valence-corrected chi connectivity index (χ3v) is 11.0. The van der Waals surface area contributed by atoms with Crippen LogP contribution in [0.1, 0.15) is 97.3 Å². The van der Waals surface area contributed by atoms with Gasteiger partial charge in [0, 0.05) is 24.8 Å². The lowest BCUT2D eigenvalue weighted by Crippen LogP contribution is -2.24. The highest BCUT2D eigenvalue weighted by Gasteiger charge is 2.62. The van der Waals surface area contributed by atoms with Crippen LogP contribution in [0.25, 0.3) is 11.1 Å². The number of aryl methyl sites for hydroxylation is 2. The van der Waals surface area contributed by atoms with Gasteiger partial charge in [-0.1, -0.05) is 112 Å². The number of anilines is 1. The predicted molar refractivity (Wildman–Crippen MR) is 195 cm³/mol. The van der Waals surface area contributed by atoms with Crippen LogP contribution in [0.15, 0.2) is 84.5 Å². The van der Waals surface area contributed by atoms with Crippen molar-refractivity contribution in [2.24, 2.45) is 35.0 Å². The van der Waals surface area contributed by atoms with Gasteiger partial charge in [0.25, 0.3) is 0 Å². The van der Waals surface area contributed by atoms with Gasteiger partial charge in [0.05, 0.1) is 0 Å². The Morgan fingerprint density at radius 1 is 1.07 bits per heavy atom. The molecule has 1 heterocycles. The molecule has 0 radical (unpaired) electrons. The maximum absolute atomic E-state index is 4.56. The molecule has 0 saturated heterocycles. The quantitative estimate of drug-likeness (QED) is 0.289. The molecule has 0 spiro atoms. The predicted octanol–water partition coefficient (Wildman–Crippen LogP) is 12.0. The third kappa shape index (κ3) is 8.07. The Bertz CT molecular complexity index is 1370. The first-order valence-electron chi connectivity index (χ1n) is 17.4. The van der Waals surface area contributed by atoms with Gasteiger partial charge >= 0.3 is 0 Å². The second kappa shape index (κ2) is 14.5. The standard InChI is InChI=1S/C43H61N/c1-12-36-27-35-24-32(7)15-13-14-16-33(8)25-38(23-29(2)3)42-39(26-34(9)30(4)5)43(42,10)21-22-44(11)40(28-35)41(36)37-19-17-31(6)18-20-37/h13-15,17-20,27-28,30,33,38-39,42H,2,9,12,16,21-26H2,1,3-8,10-11H3/b14-13+,32-15+. The molecule has 1 aliphatic heterocycles. The molecule has 44 heavy (non-hydrogen) atoms. The van der Waals surface area contributed by atoms with Crippen molar-refractivity contribution in [3.63, 3.8) is 0 Å². The molecule has 1 fully saturated rings. The first-order chi connectivity index (χ1) is 20.8. The maximum atomic E-state index is 4.56. The summed E-state index contributed by atoms with van der Waals surface area (Å²) in [5.41, 5.74) is 12.8. The fourth-order valence-corrected chi connectivity index (χ4v) is 8.15. The van der Waals surface area contributed by atoms with Crippen molar-refractivity contribution in [2.45, 2.75) is 100 Å². The first kappa shape index (κ1) is 34.1. The van der Waals surface area contributed by atoms with Crippen molar-refractivity contribution < 1.29 is 0 Å². The van der Waals surface area contributed by atoms with Crippen molar-refractivity contribution in [3.8, 4) is 11.1 Å². The summed E-state index contributed by atoms with van der Waals surface area (Å²) < 4.78 is 0. The van der Waals surface area contributed by atoms with Crippen LogP contribution in [0, 0.1) is 41.9 Å². The summed E-state index contributed by atoms with van der Waals surface area (Å²) in [7, 11) is 2.34. The Morgan fingerprint density at radius 2 is 1.77 bits per heavy atom. The van der Waals surface area contributed by atoms with E-state index >= 15 is 0 Å². The second-order valence-corrected chi connectivity index (χ2v) is 15.3. The van der Waals surface area contributed by atoms with Crippen LogP contribution in [0.4, 0.5) is 5.69 Å². The van der Waals surface area contributed by atoms with E-state index in [9.17, 15) is 0 Å². The number of nitrogens with zero attached hydrogens (tertiary/aromatic N) is 1. The SMILES string of the molecule is C=C(C)CC1CC(C)C/C=C/C=C(\C)Cc2cc(CC)c(-c3ccc(C)cc3)c(c2)N(C)CCC2(C)C(CC(=C)C(C)C)C12. The molecule has 0 N–H and O–H groups in total. The normalized spacial score (nSPS) is 28.0. The van der Waals surface area contributed by atoms with Gasteiger partial charge in [-0.05, 0) is 123 Å². The molecule has 0 aromatic heterocycles.